The maximum Gasteiger partial charge on any atom is 0.363 e. The normalized spacial score (nSPS) is 14.2. The molecule has 7 nitrogen and oxygen atoms in total. The average Bonchev–Trinajstić information content (AvgIpc) is 3.13. The minimum Gasteiger partial charge on any atom is -0.487 e. The fraction of sp³-hybridized carbons (Fsp3) is 0.0435. The number of cyclic esters (lactones) is 1. The monoisotopic (exact) mass is 686 g/mol. The van der Waals surface area contributed by atoms with Gasteiger partial charge in [0.25, 0.3) is 5.69 Å². The highest BCUT2D eigenvalue weighted by molar-refractivity contribution is 14.1. The van der Waals surface area contributed by atoms with Gasteiger partial charge in [0.2, 0.25) is 5.90 Å². The molecule has 0 spiro atoms. The number of nitro benzene ring substituents is 1. The molecule has 10 heteroatoms. The van der Waals surface area contributed by atoms with E-state index in [0.717, 1.165) is 12.7 Å². The first-order valence-corrected chi connectivity index (χ1v) is 12.0. The van der Waals surface area contributed by atoms with Crippen molar-refractivity contribution in [1.29, 1.82) is 0 Å². The molecule has 0 fully saturated rings. The Bertz CT molecular complexity index is 1320. The molecule has 0 bridgehead atoms. The summed E-state index contributed by atoms with van der Waals surface area (Å²) < 4.78 is 12.9. The van der Waals surface area contributed by atoms with Crippen molar-refractivity contribution in [2.24, 2.45) is 4.99 Å². The van der Waals surface area contributed by atoms with Crippen LogP contribution in [0.25, 0.3) is 6.08 Å². The number of non-ortho nitro benzene ring substituents is 1. The maximum absolute atomic E-state index is 12.3. The van der Waals surface area contributed by atoms with Crippen molar-refractivity contribution in [3.05, 3.63) is 105 Å². The van der Waals surface area contributed by atoms with Gasteiger partial charge in [-0.15, -0.1) is 0 Å². The Morgan fingerprint density at radius 3 is 2.52 bits per heavy atom. The molecule has 3 aromatic carbocycles. The molecule has 33 heavy (non-hydrogen) atoms. The van der Waals surface area contributed by atoms with Gasteiger partial charge in [-0.1, -0.05) is 35.9 Å². The van der Waals surface area contributed by atoms with Gasteiger partial charge >= 0.3 is 5.97 Å². The molecule has 4 rings (SSSR count). The highest BCUT2D eigenvalue weighted by atomic mass is 127. The van der Waals surface area contributed by atoms with E-state index in [9.17, 15) is 14.9 Å². The van der Waals surface area contributed by atoms with Crippen LogP contribution in [0.1, 0.15) is 16.7 Å². The van der Waals surface area contributed by atoms with Gasteiger partial charge in [0, 0.05) is 12.1 Å². The molecule has 1 aliphatic rings. The number of carbonyl (C=O) groups is 1. The lowest BCUT2D eigenvalue weighted by atomic mass is 10.2. The van der Waals surface area contributed by atoms with Crippen LogP contribution in [-0.4, -0.2) is 16.8 Å². The van der Waals surface area contributed by atoms with E-state index in [2.05, 4.69) is 50.2 Å². The molecule has 0 radical (unpaired) electrons. The van der Waals surface area contributed by atoms with Crippen molar-refractivity contribution < 1.29 is 19.2 Å². The second-order valence-electron chi connectivity index (χ2n) is 6.85. The van der Waals surface area contributed by atoms with Crippen LogP contribution in [0.5, 0.6) is 5.75 Å². The summed E-state index contributed by atoms with van der Waals surface area (Å²) in [6, 6.07) is 17.0. The number of nitrogens with zero attached hydrogens (tertiary/aromatic N) is 2. The van der Waals surface area contributed by atoms with Crippen LogP contribution >= 0.6 is 56.8 Å². The number of aliphatic imine (C=N–C) groups is 1. The number of carbonyl (C=O) groups excluding carboxylic acids is 1. The minimum atomic E-state index is -0.555. The maximum atomic E-state index is 12.3. The van der Waals surface area contributed by atoms with Crippen LogP contribution in [0.2, 0.25) is 5.02 Å². The summed E-state index contributed by atoms with van der Waals surface area (Å²) >= 11 is 10.5. The summed E-state index contributed by atoms with van der Waals surface area (Å²) in [6.45, 7) is 0.186. The van der Waals surface area contributed by atoms with Gasteiger partial charge in [-0.25, -0.2) is 9.79 Å². The third-order valence-corrected chi connectivity index (χ3v) is 6.49. The first-order valence-electron chi connectivity index (χ1n) is 9.44. The fourth-order valence-electron chi connectivity index (χ4n) is 3.03. The molecule has 1 heterocycles. The Morgan fingerprint density at radius 2 is 1.82 bits per heavy atom. The van der Waals surface area contributed by atoms with Crippen LogP contribution in [0.4, 0.5) is 5.69 Å². The smallest absolute Gasteiger partial charge is 0.363 e. The standard InChI is InChI=1S/C23H13ClI2N2O5/c24-17-7-2-1-6-16(17)22-27-20(23(29)33-22)11-14-9-18(25)21(19(26)10-14)32-12-13-4-3-5-15(8-13)28(30)31/h1-11H,12H2/b20-11-. The number of benzene rings is 3. The minimum absolute atomic E-state index is 0.0163. The summed E-state index contributed by atoms with van der Waals surface area (Å²) in [6.07, 6.45) is 1.64. The molecular weight excluding hydrogens is 674 g/mol. The first-order chi connectivity index (χ1) is 15.8. The van der Waals surface area contributed by atoms with Crippen LogP contribution < -0.4 is 4.74 Å². The summed E-state index contributed by atoms with van der Waals surface area (Å²) in [4.78, 5) is 27.2. The van der Waals surface area contributed by atoms with E-state index >= 15 is 0 Å². The quantitative estimate of drug-likeness (QED) is 0.0988. The topological polar surface area (TPSA) is 91.0 Å². The van der Waals surface area contributed by atoms with Crippen LogP contribution in [0, 0.1) is 17.3 Å². The fourth-order valence-corrected chi connectivity index (χ4v) is 5.38. The molecule has 0 aliphatic carbocycles. The average molecular weight is 687 g/mol. The van der Waals surface area contributed by atoms with Crippen molar-refractivity contribution in [3.8, 4) is 5.75 Å². The molecule has 1 aliphatic heterocycles. The van der Waals surface area contributed by atoms with Crippen molar-refractivity contribution >= 4 is 80.4 Å². The Labute approximate surface area is 220 Å². The van der Waals surface area contributed by atoms with E-state index < -0.39 is 10.9 Å². The lowest BCUT2D eigenvalue weighted by Crippen LogP contribution is -2.05. The van der Waals surface area contributed by atoms with Gasteiger partial charge in [0.15, 0.2) is 5.70 Å². The van der Waals surface area contributed by atoms with Crippen molar-refractivity contribution in [3.63, 3.8) is 0 Å². The zero-order valence-electron chi connectivity index (χ0n) is 16.6. The van der Waals surface area contributed by atoms with Gasteiger partial charge in [0.1, 0.15) is 12.4 Å². The Hall–Kier alpha value is -2.51. The van der Waals surface area contributed by atoms with Crippen LogP contribution in [0.15, 0.2) is 71.4 Å². The summed E-state index contributed by atoms with van der Waals surface area (Å²) in [5, 5.41) is 11.4. The van der Waals surface area contributed by atoms with Gasteiger partial charge in [-0.2, -0.15) is 0 Å². The van der Waals surface area contributed by atoms with Crippen molar-refractivity contribution in [2.45, 2.75) is 6.61 Å². The number of halogens is 3. The van der Waals surface area contributed by atoms with E-state index in [4.69, 9.17) is 21.1 Å². The number of esters is 1. The van der Waals surface area contributed by atoms with Gasteiger partial charge < -0.3 is 9.47 Å². The van der Waals surface area contributed by atoms with Crippen molar-refractivity contribution in [1.82, 2.24) is 0 Å². The molecule has 0 N–H and O–H groups in total. The van der Waals surface area contributed by atoms with E-state index in [0.29, 0.717) is 21.9 Å². The van der Waals surface area contributed by atoms with E-state index in [1.165, 1.54) is 12.1 Å². The zero-order chi connectivity index (χ0) is 23.5. The third kappa shape index (κ3) is 5.53. The second kappa shape index (κ2) is 10.2. The predicted molar refractivity (Wildman–Crippen MR) is 141 cm³/mol. The van der Waals surface area contributed by atoms with Gasteiger partial charge in [-0.3, -0.25) is 10.1 Å². The van der Waals surface area contributed by atoms with Gasteiger partial charge in [0.05, 0.1) is 22.6 Å². The Kier molecular flexibility index (Phi) is 7.29. The lowest BCUT2D eigenvalue weighted by molar-refractivity contribution is -0.384. The molecule has 3 aromatic rings. The number of nitro groups is 1. The molecule has 0 amide bonds. The molecule has 0 saturated heterocycles. The third-order valence-electron chi connectivity index (χ3n) is 4.55. The van der Waals surface area contributed by atoms with Crippen LogP contribution in [-0.2, 0) is 16.1 Å². The van der Waals surface area contributed by atoms with Crippen molar-refractivity contribution in [2.75, 3.05) is 0 Å². The number of ether oxygens (including phenoxy) is 2. The Morgan fingerprint density at radius 1 is 1.09 bits per heavy atom. The predicted octanol–water partition coefficient (Wildman–Crippen LogP) is 6.38. The SMILES string of the molecule is O=C1OC(c2ccccc2Cl)=N/C1=C\c1cc(I)c(OCc2cccc([N+](=O)[O-])c2)c(I)c1. The molecule has 0 aromatic heterocycles. The van der Waals surface area contributed by atoms with E-state index in [1.54, 1.807) is 42.5 Å². The van der Waals surface area contributed by atoms with E-state index in [-0.39, 0.29) is 23.9 Å². The molecular formula is C23H13ClI2N2O5. The summed E-state index contributed by atoms with van der Waals surface area (Å²) in [5.74, 6) is 0.262. The first kappa shape index (κ1) is 23.6. The van der Waals surface area contributed by atoms with E-state index in [1.807, 2.05) is 12.1 Å². The van der Waals surface area contributed by atoms with Gasteiger partial charge in [-0.05, 0) is 86.7 Å². The summed E-state index contributed by atoms with van der Waals surface area (Å²) in [7, 11) is 0. The molecule has 0 saturated carbocycles. The lowest BCUT2D eigenvalue weighted by Gasteiger charge is -2.11. The summed E-state index contributed by atoms with van der Waals surface area (Å²) in [5.41, 5.74) is 2.18. The highest BCUT2D eigenvalue weighted by Crippen LogP contribution is 2.32. The number of hydrogen-bond donors (Lipinski definition) is 0. The zero-order valence-corrected chi connectivity index (χ0v) is 21.7. The second-order valence-corrected chi connectivity index (χ2v) is 9.58. The molecule has 0 atom stereocenters. The number of hydrogen-bond acceptors (Lipinski definition) is 6. The molecule has 166 valence electrons. The highest BCUT2D eigenvalue weighted by Gasteiger charge is 2.25. The largest absolute Gasteiger partial charge is 0.487 e. The molecule has 0 unspecified atom stereocenters. The number of rotatable bonds is 6. The Balaban J connectivity index is 1.55. The van der Waals surface area contributed by atoms with Crippen LogP contribution in [0.3, 0.4) is 0 Å².